The van der Waals surface area contributed by atoms with Gasteiger partial charge in [0.15, 0.2) is 4.90 Å². The van der Waals surface area contributed by atoms with Gasteiger partial charge in [0.2, 0.25) is 10.0 Å². The number of nitrogens with zero attached hydrogens (tertiary/aromatic N) is 1. The third-order valence-electron chi connectivity index (χ3n) is 2.12. The largest absolute Gasteiger partial charge is 0.329 e. The van der Waals surface area contributed by atoms with Gasteiger partial charge >= 0.3 is 0 Å². The van der Waals surface area contributed by atoms with E-state index in [4.69, 9.17) is 17.3 Å². The number of nitro groups is 1. The van der Waals surface area contributed by atoms with Crippen molar-refractivity contribution in [3.63, 3.8) is 0 Å². The zero-order chi connectivity index (χ0) is 13.9. The molecule has 0 heterocycles. The van der Waals surface area contributed by atoms with Crippen LogP contribution in [0.15, 0.2) is 23.1 Å². The Morgan fingerprint density at radius 2 is 2.17 bits per heavy atom. The highest BCUT2D eigenvalue weighted by Gasteiger charge is 2.26. The van der Waals surface area contributed by atoms with Crippen molar-refractivity contribution in [2.45, 2.75) is 17.9 Å². The summed E-state index contributed by atoms with van der Waals surface area (Å²) in [6.07, 6.45) is 0. The molecule has 0 fully saturated rings. The fourth-order valence-corrected chi connectivity index (χ4v) is 2.81. The standard InChI is InChI=1S/C9H12ClN3O4S/c1-6(5-11)12-18(16,17)9-3-2-7(10)4-8(9)13(14)15/h2-4,6,12H,5,11H2,1H3/t6-/m1/s1. The van der Waals surface area contributed by atoms with E-state index in [1.807, 2.05) is 0 Å². The smallest absolute Gasteiger partial charge is 0.290 e. The van der Waals surface area contributed by atoms with Gasteiger partial charge in [-0.15, -0.1) is 0 Å². The molecule has 1 atom stereocenters. The van der Waals surface area contributed by atoms with Crippen LogP contribution in [0.2, 0.25) is 5.02 Å². The molecule has 0 unspecified atom stereocenters. The SMILES string of the molecule is C[C@H](CN)NS(=O)(=O)c1ccc(Cl)cc1[N+](=O)[O-]. The summed E-state index contributed by atoms with van der Waals surface area (Å²) in [6.45, 7) is 1.64. The van der Waals surface area contributed by atoms with Gasteiger partial charge in [0, 0.05) is 23.7 Å². The molecule has 0 saturated carbocycles. The number of nitrogens with one attached hydrogen (secondary N) is 1. The van der Waals surface area contributed by atoms with E-state index in [-0.39, 0.29) is 11.6 Å². The zero-order valence-electron chi connectivity index (χ0n) is 9.46. The van der Waals surface area contributed by atoms with Crippen LogP contribution in [0.4, 0.5) is 5.69 Å². The number of hydrogen-bond donors (Lipinski definition) is 2. The van der Waals surface area contributed by atoms with E-state index in [9.17, 15) is 18.5 Å². The number of rotatable bonds is 5. The molecular formula is C9H12ClN3O4S. The summed E-state index contributed by atoms with van der Waals surface area (Å²) in [5.74, 6) is 0. The molecule has 0 spiro atoms. The van der Waals surface area contributed by atoms with E-state index in [0.29, 0.717) is 0 Å². The molecule has 18 heavy (non-hydrogen) atoms. The second-order valence-corrected chi connectivity index (χ2v) is 5.75. The third kappa shape index (κ3) is 3.39. The molecule has 1 rings (SSSR count). The molecule has 1 aromatic rings. The fraction of sp³-hybridized carbons (Fsp3) is 0.333. The van der Waals surface area contributed by atoms with E-state index in [0.717, 1.165) is 12.1 Å². The molecule has 0 radical (unpaired) electrons. The third-order valence-corrected chi connectivity index (χ3v) is 3.99. The molecule has 0 bridgehead atoms. The van der Waals surface area contributed by atoms with Gasteiger partial charge in [-0.25, -0.2) is 13.1 Å². The highest BCUT2D eigenvalue weighted by atomic mass is 35.5. The average Bonchev–Trinajstić information content (AvgIpc) is 2.27. The van der Waals surface area contributed by atoms with Crippen molar-refractivity contribution in [1.82, 2.24) is 4.72 Å². The van der Waals surface area contributed by atoms with Crippen LogP contribution < -0.4 is 10.5 Å². The normalized spacial score (nSPS) is 13.3. The van der Waals surface area contributed by atoms with Gasteiger partial charge in [0.05, 0.1) is 4.92 Å². The van der Waals surface area contributed by atoms with Crippen molar-refractivity contribution in [2.24, 2.45) is 5.73 Å². The molecule has 0 aliphatic heterocycles. The van der Waals surface area contributed by atoms with Crippen LogP contribution in [0, 0.1) is 10.1 Å². The number of benzene rings is 1. The number of sulfonamides is 1. The summed E-state index contributed by atoms with van der Waals surface area (Å²) in [5, 5.41) is 10.9. The summed E-state index contributed by atoms with van der Waals surface area (Å²) in [5.41, 5.74) is 4.73. The number of hydrogen-bond acceptors (Lipinski definition) is 5. The van der Waals surface area contributed by atoms with Crippen LogP contribution in [-0.2, 0) is 10.0 Å². The van der Waals surface area contributed by atoms with Crippen molar-refractivity contribution >= 4 is 27.3 Å². The van der Waals surface area contributed by atoms with E-state index in [1.54, 1.807) is 6.92 Å². The van der Waals surface area contributed by atoms with Gasteiger partial charge in [-0.05, 0) is 19.1 Å². The average molecular weight is 294 g/mol. The highest BCUT2D eigenvalue weighted by Crippen LogP contribution is 2.27. The van der Waals surface area contributed by atoms with E-state index in [1.165, 1.54) is 6.07 Å². The van der Waals surface area contributed by atoms with Gasteiger partial charge in [0.1, 0.15) is 0 Å². The summed E-state index contributed by atoms with van der Waals surface area (Å²) in [7, 11) is -3.99. The van der Waals surface area contributed by atoms with Crippen molar-refractivity contribution < 1.29 is 13.3 Å². The van der Waals surface area contributed by atoms with Gasteiger partial charge in [-0.2, -0.15) is 0 Å². The van der Waals surface area contributed by atoms with Crippen LogP contribution in [0.1, 0.15) is 6.92 Å². The Labute approximate surface area is 109 Å². The van der Waals surface area contributed by atoms with E-state index >= 15 is 0 Å². The van der Waals surface area contributed by atoms with Crippen LogP contribution >= 0.6 is 11.6 Å². The summed E-state index contributed by atoms with van der Waals surface area (Å²) >= 11 is 5.60. The summed E-state index contributed by atoms with van der Waals surface area (Å²) < 4.78 is 26.1. The lowest BCUT2D eigenvalue weighted by molar-refractivity contribution is -0.387. The fourth-order valence-electron chi connectivity index (χ4n) is 1.24. The minimum Gasteiger partial charge on any atom is -0.329 e. The quantitative estimate of drug-likeness (QED) is 0.617. The summed E-state index contributed by atoms with van der Waals surface area (Å²) in [6, 6.07) is 2.83. The van der Waals surface area contributed by atoms with Crippen molar-refractivity contribution in [3.05, 3.63) is 33.3 Å². The first kappa shape index (κ1) is 14.8. The van der Waals surface area contributed by atoms with Crippen LogP contribution in [0.5, 0.6) is 0 Å². The van der Waals surface area contributed by atoms with Crippen molar-refractivity contribution in [3.8, 4) is 0 Å². The molecule has 7 nitrogen and oxygen atoms in total. The molecule has 0 aliphatic rings. The highest BCUT2D eigenvalue weighted by molar-refractivity contribution is 7.89. The molecule has 0 aromatic heterocycles. The topological polar surface area (TPSA) is 115 Å². The minimum absolute atomic E-state index is 0.0839. The van der Waals surface area contributed by atoms with Crippen molar-refractivity contribution in [1.29, 1.82) is 0 Å². The first-order valence-corrected chi connectivity index (χ1v) is 6.80. The second kappa shape index (κ2) is 5.61. The van der Waals surface area contributed by atoms with E-state index in [2.05, 4.69) is 4.72 Å². The van der Waals surface area contributed by atoms with Gasteiger partial charge in [-0.3, -0.25) is 10.1 Å². The first-order valence-electron chi connectivity index (χ1n) is 4.94. The van der Waals surface area contributed by atoms with Gasteiger partial charge in [-0.1, -0.05) is 11.6 Å². The van der Waals surface area contributed by atoms with Gasteiger partial charge in [0.25, 0.3) is 5.69 Å². The monoisotopic (exact) mass is 293 g/mol. The molecule has 100 valence electrons. The summed E-state index contributed by atoms with van der Waals surface area (Å²) in [4.78, 5) is 9.57. The minimum atomic E-state index is -3.99. The Balaban J connectivity index is 3.28. The maximum absolute atomic E-state index is 11.9. The second-order valence-electron chi connectivity index (χ2n) is 3.63. The van der Waals surface area contributed by atoms with Crippen molar-refractivity contribution in [2.75, 3.05) is 6.54 Å². The Kier molecular flexibility index (Phi) is 4.63. The number of halogens is 1. The predicted octanol–water partition coefficient (Wildman–Crippen LogP) is 0.874. The zero-order valence-corrected chi connectivity index (χ0v) is 11.0. The lowest BCUT2D eigenvalue weighted by Crippen LogP contribution is -2.37. The van der Waals surface area contributed by atoms with Crippen LogP contribution in [0.3, 0.4) is 0 Å². The molecule has 3 N–H and O–H groups in total. The van der Waals surface area contributed by atoms with Crippen LogP contribution in [0.25, 0.3) is 0 Å². The predicted molar refractivity (Wildman–Crippen MR) is 66.9 cm³/mol. The maximum atomic E-state index is 11.9. The molecule has 0 aliphatic carbocycles. The van der Waals surface area contributed by atoms with E-state index < -0.39 is 31.6 Å². The first-order chi connectivity index (χ1) is 8.27. The Morgan fingerprint density at radius 1 is 1.56 bits per heavy atom. The lowest BCUT2D eigenvalue weighted by atomic mass is 10.3. The van der Waals surface area contributed by atoms with Crippen LogP contribution in [-0.4, -0.2) is 25.9 Å². The van der Waals surface area contributed by atoms with Gasteiger partial charge < -0.3 is 5.73 Å². The molecule has 0 saturated heterocycles. The molecule has 1 aromatic carbocycles. The Hall–Kier alpha value is -1.22. The molecule has 9 heteroatoms. The number of nitro benzene ring substituents is 1. The maximum Gasteiger partial charge on any atom is 0.290 e. The molecular weight excluding hydrogens is 282 g/mol. The Morgan fingerprint density at radius 3 is 2.67 bits per heavy atom. The number of nitrogens with two attached hydrogens (primary N) is 1. The molecule has 0 amide bonds. The Bertz CT molecular complexity index is 561. The lowest BCUT2D eigenvalue weighted by Gasteiger charge is -2.12.